The van der Waals surface area contributed by atoms with E-state index in [1.807, 2.05) is 13.8 Å². The summed E-state index contributed by atoms with van der Waals surface area (Å²) in [4.78, 5) is 35.8. The van der Waals surface area contributed by atoms with Crippen molar-refractivity contribution in [2.45, 2.75) is 20.3 Å². The van der Waals surface area contributed by atoms with E-state index in [1.54, 1.807) is 43.5 Å². The smallest absolute Gasteiger partial charge is 0.329 e. The van der Waals surface area contributed by atoms with Crippen LogP contribution in [-0.2, 0) is 19.1 Å². The zero-order valence-electron chi connectivity index (χ0n) is 19.9. The normalized spacial score (nSPS) is 10.6. The second-order valence-corrected chi connectivity index (χ2v) is 7.60. The van der Waals surface area contributed by atoms with Gasteiger partial charge in [-0.3, -0.25) is 14.4 Å². The van der Waals surface area contributed by atoms with Crippen LogP contribution in [0.1, 0.15) is 24.5 Å². The number of ether oxygens (including phenoxy) is 3. The van der Waals surface area contributed by atoms with E-state index in [1.165, 1.54) is 6.21 Å². The molecule has 3 N–H and O–H groups in total. The molecule has 0 radical (unpaired) electrons. The monoisotopic (exact) mass is 504 g/mol. The first kappa shape index (κ1) is 27.6. The van der Waals surface area contributed by atoms with E-state index >= 15 is 0 Å². The molecule has 2 rings (SSSR count). The molecular weight excluding hydrogens is 476 g/mol. The van der Waals surface area contributed by atoms with Gasteiger partial charge in [0.15, 0.2) is 18.1 Å². The molecule has 188 valence electrons. The maximum absolute atomic E-state index is 12.3. The summed E-state index contributed by atoms with van der Waals surface area (Å²) in [5.41, 5.74) is 4.11. The number of methoxy groups -OCH3 is 1. The standard InChI is InChI=1S/C24H29ClN4O6/c1-4-34-21-13-17(14-27-29-24(32)23(31)26-11-6-12-33-3)9-10-20(21)35-15-22(30)28-19-8-5-7-18(25)16(19)2/h5,7-10,13-14H,4,6,11-12,15H2,1-3H3,(H,26,31)(H,28,30)(H,29,32)/b27-14-. The predicted molar refractivity (Wildman–Crippen MR) is 133 cm³/mol. The summed E-state index contributed by atoms with van der Waals surface area (Å²) in [7, 11) is 1.55. The van der Waals surface area contributed by atoms with Crippen LogP contribution in [0.5, 0.6) is 11.5 Å². The number of hydrazone groups is 1. The van der Waals surface area contributed by atoms with Crippen molar-refractivity contribution in [3.05, 3.63) is 52.5 Å². The van der Waals surface area contributed by atoms with Crippen LogP contribution in [0.15, 0.2) is 41.5 Å². The molecular formula is C24H29ClN4O6. The molecule has 0 unspecified atom stereocenters. The molecule has 0 heterocycles. The second kappa shape index (κ2) is 14.6. The van der Waals surface area contributed by atoms with Gasteiger partial charge in [-0.15, -0.1) is 0 Å². The average molecular weight is 505 g/mol. The van der Waals surface area contributed by atoms with Gasteiger partial charge >= 0.3 is 11.8 Å². The summed E-state index contributed by atoms with van der Waals surface area (Å²) < 4.78 is 16.1. The molecule has 0 fully saturated rings. The van der Waals surface area contributed by atoms with Gasteiger partial charge in [-0.1, -0.05) is 17.7 Å². The van der Waals surface area contributed by atoms with Gasteiger partial charge in [0.1, 0.15) is 0 Å². The summed E-state index contributed by atoms with van der Waals surface area (Å²) in [6, 6.07) is 10.2. The van der Waals surface area contributed by atoms with Gasteiger partial charge in [0.25, 0.3) is 5.91 Å². The zero-order valence-corrected chi connectivity index (χ0v) is 20.6. The highest BCUT2D eigenvalue weighted by molar-refractivity contribution is 6.35. The molecule has 0 spiro atoms. The highest BCUT2D eigenvalue weighted by Gasteiger charge is 2.13. The van der Waals surface area contributed by atoms with Crippen molar-refractivity contribution in [3.63, 3.8) is 0 Å². The van der Waals surface area contributed by atoms with Crippen molar-refractivity contribution < 1.29 is 28.6 Å². The van der Waals surface area contributed by atoms with E-state index < -0.39 is 11.8 Å². The molecule has 10 nitrogen and oxygen atoms in total. The van der Waals surface area contributed by atoms with Crippen LogP contribution in [0.25, 0.3) is 0 Å². The predicted octanol–water partition coefficient (Wildman–Crippen LogP) is 2.67. The quantitative estimate of drug-likeness (QED) is 0.176. The third-order valence-electron chi connectivity index (χ3n) is 4.56. The van der Waals surface area contributed by atoms with Crippen LogP contribution in [0.2, 0.25) is 5.02 Å². The van der Waals surface area contributed by atoms with Crippen molar-refractivity contribution >= 4 is 41.2 Å². The van der Waals surface area contributed by atoms with Crippen molar-refractivity contribution in [3.8, 4) is 11.5 Å². The minimum atomic E-state index is -0.885. The molecule has 0 bridgehead atoms. The lowest BCUT2D eigenvalue weighted by Crippen LogP contribution is -2.38. The first-order chi connectivity index (χ1) is 16.8. The lowest BCUT2D eigenvalue weighted by molar-refractivity contribution is -0.139. The van der Waals surface area contributed by atoms with E-state index in [4.69, 9.17) is 25.8 Å². The third-order valence-corrected chi connectivity index (χ3v) is 4.97. The van der Waals surface area contributed by atoms with E-state index in [2.05, 4.69) is 21.2 Å². The highest BCUT2D eigenvalue weighted by atomic mass is 35.5. The largest absolute Gasteiger partial charge is 0.490 e. The maximum atomic E-state index is 12.3. The first-order valence-corrected chi connectivity index (χ1v) is 11.3. The Balaban J connectivity index is 1.93. The molecule has 0 saturated carbocycles. The molecule has 3 amide bonds. The van der Waals surface area contributed by atoms with Crippen LogP contribution in [-0.4, -0.2) is 57.4 Å². The molecule has 0 aliphatic carbocycles. The molecule has 2 aromatic rings. The molecule has 2 aromatic carbocycles. The Kier molecular flexibility index (Phi) is 11.5. The lowest BCUT2D eigenvalue weighted by Gasteiger charge is -2.13. The number of hydrogen-bond donors (Lipinski definition) is 3. The summed E-state index contributed by atoms with van der Waals surface area (Å²) in [6.45, 7) is 4.54. The Morgan fingerprint density at radius 2 is 1.89 bits per heavy atom. The summed E-state index contributed by atoms with van der Waals surface area (Å²) in [5, 5.41) is 9.57. The van der Waals surface area contributed by atoms with Crippen LogP contribution < -0.4 is 25.5 Å². The van der Waals surface area contributed by atoms with Gasteiger partial charge < -0.3 is 24.8 Å². The number of rotatable bonds is 12. The summed E-state index contributed by atoms with van der Waals surface area (Å²) in [6.07, 6.45) is 1.95. The topological polar surface area (TPSA) is 127 Å². The van der Waals surface area contributed by atoms with Crippen molar-refractivity contribution in [1.82, 2.24) is 10.7 Å². The molecule has 35 heavy (non-hydrogen) atoms. The number of carbonyl (C=O) groups is 3. The molecule has 0 aromatic heterocycles. The highest BCUT2D eigenvalue weighted by Crippen LogP contribution is 2.28. The number of halogens is 1. The Morgan fingerprint density at radius 1 is 1.09 bits per heavy atom. The maximum Gasteiger partial charge on any atom is 0.329 e. The van der Waals surface area contributed by atoms with E-state index in [0.717, 1.165) is 5.56 Å². The number of anilines is 1. The number of hydrogen-bond acceptors (Lipinski definition) is 7. The van der Waals surface area contributed by atoms with Gasteiger partial charge in [-0.25, -0.2) is 5.43 Å². The van der Waals surface area contributed by atoms with Crippen molar-refractivity contribution in [2.75, 3.05) is 38.8 Å². The number of amides is 3. The molecule has 0 atom stereocenters. The fourth-order valence-corrected chi connectivity index (χ4v) is 2.95. The Labute approximate surface area is 209 Å². The third kappa shape index (κ3) is 9.26. The van der Waals surface area contributed by atoms with E-state index in [-0.39, 0.29) is 12.5 Å². The van der Waals surface area contributed by atoms with Gasteiger partial charge in [0.2, 0.25) is 0 Å². The Morgan fingerprint density at radius 3 is 2.63 bits per heavy atom. The molecule has 0 aliphatic rings. The minimum absolute atomic E-state index is 0.241. The SMILES string of the molecule is CCOc1cc(/C=N\NC(=O)C(=O)NCCCOC)ccc1OCC(=O)Nc1cccc(Cl)c1C. The number of benzene rings is 2. The van der Waals surface area contributed by atoms with E-state index in [9.17, 15) is 14.4 Å². The van der Waals surface area contributed by atoms with Crippen LogP contribution in [0.3, 0.4) is 0 Å². The van der Waals surface area contributed by atoms with E-state index in [0.29, 0.717) is 54.0 Å². The fraction of sp³-hybridized carbons (Fsp3) is 0.333. The molecule has 0 aliphatic heterocycles. The Bertz CT molecular complexity index is 1060. The average Bonchev–Trinajstić information content (AvgIpc) is 2.84. The minimum Gasteiger partial charge on any atom is -0.490 e. The van der Waals surface area contributed by atoms with Gasteiger partial charge in [-0.05, 0) is 61.7 Å². The number of carbonyl (C=O) groups excluding carboxylic acids is 3. The molecule has 11 heteroatoms. The van der Waals surface area contributed by atoms with Gasteiger partial charge in [-0.2, -0.15) is 5.10 Å². The summed E-state index contributed by atoms with van der Waals surface area (Å²) >= 11 is 6.08. The number of nitrogens with zero attached hydrogens (tertiary/aromatic N) is 1. The number of nitrogens with one attached hydrogen (secondary N) is 3. The summed E-state index contributed by atoms with van der Waals surface area (Å²) in [5.74, 6) is -1.27. The lowest BCUT2D eigenvalue weighted by atomic mass is 10.2. The van der Waals surface area contributed by atoms with Crippen molar-refractivity contribution in [1.29, 1.82) is 0 Å². The van der Waals surface area contributed by atoms with Gasteiger partial charge in [0, 0.05) is 31.0 Å². The van der Waals surface area contributed by atoms with Gasteiger partial charge in [0.05, 0.1) is 12.8 Å². The van der Waals surface area contributed by atoms with Crippen LogP contribution >= 0.6 is 11.6 Å². The fourth-order valence-electron chi connectivity index (χ4n) is 2.78. The second-order valence-electron chi connectivity index (χ2n) is 7.19. The Hall–Kier alpha value is -3.63. The zero-order chi connectivity index (χ0) is 25.6. The first-order valence-electron chi connectivity index (χ1n) is 10.9. The van der Waals surface area contributed by atoms with Crippen LogP contribution in [0, 0.1) is 6.92 Å². The van der Waals surface area contributed by atoms with Crippen LogP contribution in [0.4, 0.5) is 5.69 Å². The van der Waals surface area contributed by atoms with Crippen molar-refractivity contribution in [2.24, 2.45) is 5.10 Å². The molecule has 0 saturated heterocycles.